The third kappa shape index (κ3) is 14.7. The zero-order chi connectivity index (χ0) is 54.6. The Morgan fingerprint density at radius 3 is 2.14 bits per heavy atom. The number of nitrogens with one attached hydrogen (secondary N) is 6. The number of hydrogen-bond donors (Lipinski definition) is 15. The van der Waals surface area contributed by atoms with E-state index in [9.17, 15) is 69.9 Å². The smallest absolute Gasteiger partial charge is 0.315 e. The molecule has 28 nitrogen and oxygen atoms in total. The lowest BCUT2D eigenvalue weighted by molar-refractivity contribution is -0.376. The number of carbonyl (C=O) groups is 5. The standard InChI is InChI=1S/C47H69N7O21S/c1-21(58)51-34-37(63)41(74-46-40(66)42(36(62)28(17-56)72-46)75-45-39(65)38(64)35(61)27(16-55)71-45)29(18-57)73-44(34)69-14-6-11-48-32(60)19-70-26-15-24(52-23-8-3-2-7-22(23)26)43(67)50-13-12-49-31(59)10-5-4-9-30-33-25(20-76-30)53-47(68)54-33/h2-3,7-8,15,25,27-30,33-42,44-46,55-57,61-66H,4-6,9-14,16-20H2,1H3,(H,48,60)(H,49,59)(H,50,67)(H,51,58)(H2,53,54,68)/t25-,27?,28?,29?,30-,33-,34?,35?,36?,37?,38?,39?,40?,41?,42?,44?,45?,46?/m0/s1. The molecule has 5 aliphatic rings. The lowest BCUT2D eigenvalue weighted by Gasteiger charge is -2.48. The molecule has 5 aliphatic heterocycles. The van der Waals surface area contributed by atoms with Crippen molar-refractivity contribution in [3.05, 3.63) is 36.0 Å². The third-order valence-corrected chi connectivity index (χ3v) is 15.0. The first-order valence-corrected chi connectivity index (χ1v) is 26.2. The number of fused-ring (bicyclic) bond motifs is 2. The van der Waals surface area contributed by atoms with Gasteiger partial charge >= 0.3 is 6.03 Å². The fourth-order valence-electron chi connectivity index (χ4n) is 9.49. The van der Waals surface area contributed by atoms with Crippen molar-refractivity contribution in [1.29, 1.82) is 0 Å². The van der Waals surface area contributed by atoms with Gasteiger partial charge in [0.1, 0.15) is 84.6 Å². The molecule has 5 saturated heterocycles. The monoisotopic (exact) mass is 1100 g/mol. The normalized spacial score (nSPS) is 34.2. The van der Waals surface area contributed by atoms with Crippen LogP contribution < -0.4 is 36.6 Å². The molecule has 0 bridgehead atoms. The Morgan fingerprint density at radius 2 is 1.41 bits per heavy atom. The Morgan fingerprint density at radius 1 is 0.737 bits per heavy atom. The van der Waals surface area contributed by atoms with E-state index in [0.717, 1.165) is 25.5 Å². The van der Waals surface area contributed by atoms with Crippen molar-refractivity contribution in [3.8, 4) is 5.75 Å². The molecule has 0 spiro atoms. The third-order valence-electron chi connectivity index (χ3n) is 13.5. The predicted molar refractivity (Wildman–Crippen MR) is 261 cm³/mol. The second-order valence-corrected chi connectivity index (χ2v) is 20.2. The van der Waals surface area contributed by atoms with Crippen LogP contribution in [0.4, 0.5) is 4.79 Å². The SMILES string of the molecule is CC(=O)NC1C(OCCCNC(=O)COc2cc(C(=O)NCCNC(=O)CCCC[C@@H]3SC[C@@H]4NC(=O)N[C@@H]43)nc3ccccc23)OC(CO)C(OC2OC(CO)C(O)C(OC3OC(CO)C(O)C(O)C3O)C2O)C1O. The van der Waals surface area contributed by atoms with E-state index in [1.807, 2.05) is 11.8 Å². The van der Waals surface area contributed by atoms with Gasteiger partial charge in [-0.1, -0.05) is 18.6 Å². The van der Waals surface area contributed by atoms with Crippen LogP contribution in [0.1, 0.15) is 49.5 Å². The first-order valence-electron chi connectivity index (χ1n) is 25.1. The summed E-state index contributed by atoms with van der Waals surface area (Å²) < 4.78 is 40.1. The van der Waals surface area contributed by atoms with Gasteiger partial charge in [0.05, 0.1) is 44.0 Å². The summed E-state index contributed by atoms with van der Waals surface area (Å²) in [6, 6.07) is 7.07. The number of unbranched alkanes of at least 4 members (excludes halogenated alkanes) is 1. The Kier molecular flexibility index (Phi) is 21.6. The second-order valence-electron chi connectivity index (χ2n) is 18.9. The van der Waals surface area contributed by atoms with E-state index < -0.39 is 136 Å². The predicted octanol–water partition coefficient (Wildman–Crippen LogP) is -5.70. The minimum absolute atomic E-state index is 0.0237. The van der Waals surface area contributed by atoms with Gasteiger partial charge in [0.2, 0.25) is 11.8 Å². The average molecular weight is 1100 g/mol. The highest BCUT2D eigenvalue weighted by Crippen LogP contribution is 2.35. The molecule has 29 heteroatoms. The number of benzene rings is 1. The van der Waals surface area contributed by atoms with Crippen LogP contribution >= 0.6 is 11.8 Å². The number of aliphatic hydroxyl groups is 9. The molecule has 15 N–H and O–H groups in total. The van der Waals surface area contributed by atoms with E-state index in [1.165, 1.54) is 6.07 Å². The van der Waals surface area contributed by atoms with Crippen molar-refractivity contribution in [2.75, 3.05) is 58.4 Å². The van der Waals surface area contributed by atoms with Crippen LogP contribution in [0.5, 0.6) is 5.75 Å². The van der Waals surface area contributed by atoms with Gasteiger partial charge in [0.25, 0.3) is 11.8 Å². The van der Waals surface area contributed by atoms with Gasteiger partial charge in [-0.2, -0.15) is 11.8 Å². The number of pyridine rings is 1. The van der Waals surface area contributed by atoms with Crippen LogP contribution in [0.15, 0.2) is 30.3 Å². The Labute approximate surface area is 439 Å². The number of para-hydroxylation sites is 1. The molecule has 0 aliphatic carbocycles. The number of amides is 6. The lowest BCUT2D eigenvalue weighted by atomic mass is 9.95. The van der Waals surface area contributed by atoms with Crippen LogP contribution in [0.25, 0.3) is 10.9 Å². The Bertz CT molecular complexity index is 2280. The molecular weight excluding hydrogens is 1030 g/mol. The molecule has 5 fully saturated rings. The Hall–Kier alpha value is -4.67. The first kappa shape index (κ1) is 59.0. The van der Waals surface area contributed by atoms with Crippen LogP contribution in [0.3, 0.4) is 0 Å². The van der Waals surface area contributed by atoms with Crippen molar-refractivity contribution in [2.45, 2.75) is 148 Å². The number of hydrogen-bond acceptors (Lipinski definition) is 23. The number of thioether (sulfide) groups is 1. The summed E-state index contributed by atoms with van der Waals surface area (Å²) in [7, 11) is 0. The summed E-state index contributed by atoms with van der Waals surface area (Å²) in [4.78, 5) is 66.9. The van der Waals surface area contributed by atoms with Crippen molar-refractivity contribution in [2.24, 2.45) is 0 Å². The van der Waals surface area contributed by atoms with E-state index in [1.54, 1.807) is 24.3 Å². The Balaban J connectivity index is 0.846. The van der Waals surface area contributed by atoms with Crippen molar-refractivity contribution >= 4 is 52.3 Å². The maximum atomic E-state index is 13.2. The summed E-state index contributed by atoms with van der Waals surface area (Å²) in [6.07, 6.45) is -21.0. The van der Waals surface area contributed by atoms with Gasteiger partial charge in [-0.3, -0.25) is 19.2 Å². The molecule has 424 valence electrons. The lowest BCUT2D eigenvalue weighted by Crippen LogP contribution is -2.68. The van der Waals surface area contributed by atoms with Crippen molar-refractivity contribution < 1.29 is 103 Å². The van der Waals surface area contributed by atoms with Crippen LogP contribution in [-0.4, -0.2) is 248 Å². The fraction of sp³-hybridized carbons (Fsp3) is 0.702. The van der Waals surface area contributed by atoms with Crippen molar-refractivity contribution in [3.63, 3.8) is 0 Å². The molecule has 18 atom stereocenters. The second kappa shape index (κ2) is 27.8. The minimum atomic E-state index is -1.99. The maximum Gasteiger partial charge on any atom is 0.315 e. The first-order chi connectivity index (χ1) is 36.5. The summed E-state index contributed by atoms with van der Waals surface area (Å²) >= 11 is 1.83. The van der Waals surface area contributed by atoms with E-state index >= 15 is 0 Å². The zero-order valence-electron chi connectivity index (χ0n) is 41.5. The average Bonchev–Trinajstić information content (AvgIpc) is 3.98. The number of nitrogens with zero attached hydrogens (tertiary/aromatic N) is 1. The number of urea groups is 1. The molecular formula is C47H69N7O21S. The number of aromatic nitrogens is 1. The number of aliphatic hydroxyl groups excluding tert-OH is 9. The number of ether oxygens (including phenoxy) is 7. The summed E-state index contributed by atoms with van der Waals surface area (Å²) in [5.74, 6) is -0.734. The fourth-order valence-corrected chi connectivity index (χ4v) is 11.0. The van der Waals surface area contributed by atoms with Crippen LogP contribution in [-0.2, 0) is 42.8 Å². The maximum absolute atomic E-state index is 13.2. The molecule has 6 amide bonds. The van der Waals surface area contributed by atoms with Gasteiger partial charge < -0.3 is 111 Å². The van der Waals surface area contributed by atoms with Gasteiger partial charge in [0.15, 0.2) is 25.5 Å². The summed E-state index contributed by atoms with van der Waals surface area (Å²) in [5.41, 5.74) is 0.460. The molecule has 76 heavy (non-hydrogen) atoms. The van der Waals surface area contributed by atoms with E-state index in [4.69, 9.17) is 33.2 Å². The topological polar surface area (TPSA) is 417 Å². The number of rotatable bonds is 25. The van der Waals surface area contributed by atoms with Gasteiger partial charge in [-0.05, 0) is 31.4 Å². The highest BCUT2D eigenvalue weighted by atomic mass is 32.2. The quantitative estimate of drug-likeness (QED) is 0.0325. The van der Waals surface area contributed by atoms with Crippen LogP contribution in [0, 0.1) is 0 Å². The van der Waals surface area contributed by atoms with Crippen LogP contribution in [0.2, 0.25) is 0 Å². The number of carbonyl (C=O) groups excluding carboxylic acids is 5. The molecule has 15 unspecified atom stereocenters. The minimum Gasteiger partial charge on any atom is -0.483 e. The van der Waals surface area contributed by atoms with E-state index in [0.29, 0.717) is 29.0 Å². The van der Waals surface area contributed by atoms with E-state index in [-0.39, 0.29) is 68.1 Å². The molecule has 1 aromatic heterocycles. The van der Waals surface area contributed by atoms with Crippen molar-refractivity contribution in [1.82, 2.24) is 36.9 Å². The molecule has 2 aromatic rings. The van der Waals surface area contributed by atoms with Gasteiger partial charge in [-0.15, -0.1) is 0 Å². The molecule has 7 rings (SSSR count). The van der Waals surface area contributed by atoms with E-state index in [2.05, 4.69) is 36.9 Å². The molecule has 0 radical (unpaired) electrons. The largest absolute Gasteiger partial charge is 0.483 e. The molecule has 6 heterocycles. The molecule has 0 saturated carbocycles. The van der Waals surface area contributed by atoms with Gasteiger partial charge in [-0.25, -0.2) is 9.78 Å². The van der Waals surface area contributed by atoms with Gasteiger partial charge in [0, 0.05) is 55.4 Å². The molecule has 1 aromatic carbocycles. The summed E-state index contributed by atoms with van der Waals surface area (Å²) in [5, 5.41) is 112. The highest BCUT2D eigenvalue weighted by molar-refractivity contribution is 8.00. The zero-order valence-corrected chi connectivity index (χ0v) is 42.3. The summed E-state index contributed by atoms with van der Waals surface area (Å²) in [6.45, 7) is -1.52. The highest BCUT2D eigenvalue weighted by Gasteiger charge is 2.54.